The van der Waals surface area contributed by atoms with E-state index in [1.165, 1.54) is 0 Å². The number of benzene rings is 1. The molecule has 0 saturated heterocycles. The lowest BCUT2D eigenvalue weighted by atomic mass is 10.2. The molecule has 2 heterocycles. The minimum Gasteiger partial charge on any atom is -0.454 e. The number of nitrogens with zero attached hydrogens (tertiary/aromatic N) is 1. The number of anilines is 1. The fourth-order valence-corrected chi connectivity index (χ4v) is 2.28. The fraction of sp³-hybridized carbons (Fsp3) is 0.154. The zero-order chi connectivity index (χ0) is 12.4. The molecule has 0 spiro atoms. The van der Waals surface area contributed by atoms with E-state index >= 15 is 0 Å². The van der Waals surface area contributed by atoms with Gasteiger partial charge in [-0.3, -0.25) is 4.98 Å². The first-order valence-corrected chi connectivity index (χ1v) is 6.35. The molecule has 1 N–H and O–H groups in total. The van der Waals surface area contributed by atoms with E-state index in [9.17, 15) is 0 Å². The number of aromatic nitrogens is 1. The van der Waals surface area contributed by atoms with Gasteiger partial charge in [-0.2, -0.15) is 0 Å². The van der Waals surface area contributed by atoms with Gasteiger partial charge < -0.3 is 14.8 Å². The van der Waals surface area contributed by atoms with Crippen molar-refractivity contribution in [2.24, 2.45) is 0 Å². The van der Waals surface area contributed by atoms with Gasteiger partial charge in [0, 0.05) is 29.0 Å². The maximum atomic E-state index is 5.49. The van der Waals surface area contributed by atoms with Crippen LogP contribution in [0.15, 0.2) is 41.1 Å². The molecule has 3 rings (SSSR count). The normalized spacial score (nSPS) is 12.5. The number of rotatable bonds is 3. The van der Waals surface area contributed by atoms with Crippen molar-refractivity contribution in [1.82, 2.24) is 4.98 Å². The molecule has 0 radical (unpaired) electrons. The SMILES string of the molecule is Brc1ccc2c(c1CNc1cccnc1)OCO2. The predicted molar refractivity (Wildman–Crippen MR) is 71.8 cm³/mol. The minimum atomic E-state index is 0.283. The van der Waals surface area contributed by atoms with Crippen molar-refractivity contribution < 1.29 is 9.47 Å². The second-order valence-corrected chi connectivity index (χ2v) is 4.71. The predicted octanol–water partition coefficient (Wildman–Crippen LogP) is 3.18. The number of halogens is 1. The maximum Gasteiger partial charge on any atom is 0.231 e. The van der Waals surface area contributed by atoms with Crippen molar-refractivity contribution in [3.05, 3.63) is 46.7 Å². The largest absolute Gasteiger partial charge is 0.454 e. The van der Waals surface area contributed by atoms with E-state index in [-0.39, 0.29) is 6.79 Å². The maximum absolute atomic E-state index is 5.49. The molecule has 18 heavy (non-hydrogen) atoms. The molecule has 92 valence electrons. The third kappa shape index (κ3) is 2.13. The van der Waals surface area contributed by atoms with Gasteiger partial charge in [-0.15, -0.1) is 0 Å². The molecule has 1 aliphatic heterocycles. The lowest BCUT2D eigenvalue weighted by Crippen LogP contribution is -2.02. The van der Waals surface area contributed by atoms with E-state index in [1.807, 2.05) is 24.3 Å². The van der Waals surface area contributed by atoms with E-state index in [2.05, 4.69) is 26.2 Å². The first-order valence-electron chi connectivity index (χ1n) is 5.55. The number of hydrogen-bond donors (Lipinski definition) is 1. The third-order valence-corrected chi connectivity index (χ3v) is 3.46. The molecule has 1 aromatic carbocycles. The Labute approximate surface area is 113 Å². The van der Waals surface area contributed by atoms with Gasteiger partial charge in [-0.25, -0.2) is 0 Å². The van der Waals surface area contributed by atoms with E-state index in [1.54, 1.807) is 12.4 Å². The Morgan fingerprint density at radius 1 is 1.28 bits per heavy atom. The lowest BCUT2D eigenvalue weighted by Gasteiger charge is -2.10. The summed E-state index contributed by atoms with van der Waals surface area (Å²) >= 11 is 3.53. The van der Waals surface area contributed by atoms with Gasteiger partial charge >= 0.3 is 0 Å². The van der Waals surface area contributed by atoms with Crippen molar-refractivity contribution >= 4 is 21.6 Å². The highest BCUT2D eigenvalue weighted by molar-refractivity contribution is 9.10. The van der Waals surface area contributed by atoms with Crippen LogP contribution in [0.25, 0.3) is 0 Å². The van der Waals surface area contributed by atoms with Crippen molar-refractivity contribution in [3.8, 4) is 11.5 Å². The van der Waals surface area contributed by atoms with Crippen LogP contribution in [0.5, 0.6) is 11.5 Å². The molecule has 0 unspecified atom stereocenters. The molecule has 0 saturated carbocycles. The molecule has 0 atom stereocenters. The van der Waals surface area contributed by atoms with Gasteiger partial charge in [-0.05, 0) is 24.3 Å². The summed E-state index contributed by atoms with van der Waals surface area (Å²) in [6.45, 7) is 0.935. The fourth-order valence-electron chi connectivity index (χ4n) is 1.83. The van der Waals surface area contributed by atoms with Crippen molar-refractivity contribution in [3.63, 3.8) is 0 Å². The van der Waals surface area contributed by atoms with Gasteiger partial charge in [0.25, 0.3) is 0 Å². The average molecular weight is 307 g/mol. The summed E-state index contributed by atoms with van der Waals surface area (Å²) in [4.78, 5) is 4.06. The van der Waals surface area contributed by atoms with Crippen LogP contribution >= 0.6 is 15.9 Å². The molecule has 0 amide bonds. The summed E-state index contributed by atoms with van der Waals surface area (Å²) in [7, 11) is 0. The summed E-state index contributed by atoms with van der Waals surface area (Å²) in [6.07, 6.45) is 3.53. The zero-order valence-electron chi connectivity index (χ0n) is 9.52. The molecular formula is C13H11BrN2O2. The Morgan fingerprint density at radius 2 is 2.22 bits per heavy atom. The van der Waals surface area contributed by atoms with Crippen LogP contribution in [0.1, 0.15) is 5.56 Å². The third-order valence-electron chi connectivity index (χ3n) is 2.72. The molecular weight excluding hydrogens is 296 g/mol. The number of ether oxygens (including phenoxy) is 2. The van der Waals surface area contributed by atoms with Gasteiger partial charge in [0.15, 0.2) is 11.5 Å². The number of nitrogens with one attached hydrogen (secondary N) is 1. The molecule has 5 heteroatoms. The minimum absolute atomic E-state index is 0.283. The molecule has 1 aliphatic rings. The second-order valence-electron chi connectivity index (χ2n) is 3.85. The lowest BCUT2D eigenvalue weighted by molar-refractivity contribution is 0.173. The average Bonchev–Trinajstić information content (AvgIpc) is 2.87. The Morgan fingerprint density at radius 3 is 3.06 bits per heavy atom. The van der Waals surface area contributed by atoms with Crippen molar-refractivity contribution in [2.45, 2.75) is 6.54 Å². The van der Waals surface area contributed by atoms with Gasteiger partial charge in [0.05, 0.1) is 5.69 Å². The van der Waals surface area contributed by atoms with E-state index in [0.717, 1.165) is 27.2 Å². The molecule has 1 aromatic heterocycles. The number of hydrogen-bond acceptors (Lipinski definition) is 4. The van der Waals surface area contributed by atoms with Crippen LogP contribution < -0.4 is 14.8 Å². The first-order chi connectivity index (χ1) is 8.84. The number of fused-ring (bicyclic) bond motifs is 1. The second kappa shape index (κ2) is 4.86. The van der Waals surface area contributed by atoms with E-state index in [0.29, 0.717) is 6.54 Å². The molecule has 0 bridgehead atoms. The Balaban J connectivity index is 1.83. The molecule has 0 aliphatic carbocycles. The van der Waals surface area contributed by atoms with Crippen LogP contribution in [0.2, 0.25) is 0 Å². The summed E-state index contributed by atoms with van der Waals surface area (Å²) < 4.78 is 11.9. The quantitative estimate of drug-likeness (QED) is 0.946. The van der Waals surface area contributed by atoms with Crippen LogP contribution in [0.4, 0.5) is 5.69 Å². The highest BCUT2D eigenvalue weighted by Gasteiger charge is 2.19. The highest BCUT2D eigenvalue weighted by atomic mass is 79.9. The topological polar surface area (TPSA) is 43.4 Å². The summed E-state index contributed by atoms with van der Waals surface area (Å²) in [6, 6.07) is 7.74. The van der Waals surface area contributed by atoms with Crippen molar-refractivity contribution in [1.29, 1.82) is 0 Å². The van der Waals surface area contributed by atoms with Gasteiger partial charge in [-0.1, -0.05) is 15.9 Å². The molecule has 0 fully saturated rings. The van der Waals surface area contributed by atoms with Crippen LogP contribution in [-0.2, 0) is 6.54 Å². The highest BCUT2D eigenvalue weighted by Crippen LogP contribution is 2.39. The summed E-state index contributed by atoms with van der Waals surface area (Å²) in [5.41, 5.74) is 2.02. The van der Waals surface area contributed by atoms with Gasteiger partial charge in [0.2, 0.25) is 6.79 Å². The Bertz CT molecular complexity index is 560. The molecule has 4 nitrogen and oxygen atoms in total. The van der Waals surface area contributed by atoms with Gasteiger partial charge in [0.1, 0.15) is 0 Å². The van der Waals surface area contributed by atoms with Crippen molar-refractivity contribution in [2.75, 3.05) is 12.1 Å². The zero-order valence-corrected chi connectivity index (χ0v) is 11.1. The Hall–Kier alpha value is -1.75. The molecule has 2 aromatic rings. The smallest absolute Gasteiger partial charge is 0.231 e. The summed E-state index contributed by atoms with van der Waals surface area (Å²) in [5, 5.41) is 3.30. The van der Waals surface area contributed by atoms with E-state index in [4.69, 9.17) is 9.47 Å². The van der Waals surface area contributed by atoms with Crippen LogP contribution in [0, 0.1) is 0 Å². The van der Waals surface area contributed by atoms with Crippen LogP contribution in [-0.4, -0.2) is 11.8 Å². The number of pyridine rings is 1. The van der Waals surface area contributed by atoms with E-state index < -0.39 is 0 Å². The standard InChI is InChI=1S/C13H11BrN2O2/c14-11-3-4-12-13(18-8-17-12)10(11)7-16-9-2-1-5-15-6-9/h1-6,16H,7-8H2. The Kier molecular flexibility index (Phi) is 3.06. The summed E-state index contributed by atoms with van der Waals surface area (Å²) in [5.74, 6) is 1.60. The van der Waals surface area contributed by atoms with Crippen LogP contribution in [0.3, 0.4) is 0 Å². The first kappa shape index (κ1) is 11.3. The monoisotopic (exact) mass is 306 g/mol.